The van der Waals surface area contributed by atoms with E-state index < -0.39 is 0 Å². The van der Waals surface area contributed by atoms with Crippen LogP contribution in [-0.2, 0) is 11.8 Å². The number of ether oxygens (including phenoxy) is 2. The second-order valence-electron chi connectivity index (χ2n) is 7.74. The molecule has 5 rings (SSSR count). The molecule has 0 unspecified atom stereocenters. The van der Waals surface area contributed by atoms with Gasteiger partial charge in [-0.25, -0.2) is 4.98 Å². The van der Waals surface area contributed by atoms with Crippen LogP contribution in [0.4, 0.5) is 0 Å². The van der Waals surface area contributed by atoms with Crippen molar-refractivity contribution < 1.29 is 9.47 Å². The van der Waals surface area contributed by atoms with Gasteiger partial charge in [0.25, 0.3) is 0 Å². The van der Waals surface area contributed by atoms with Crippen molar-refractivity contribution in [1.82, 2.24) is 19.7 Å². The average Bonchev–Trinajstić information content (AvgIpc) is 3.49. The zero-order valence-corrected chi connectivity index (χ0v) is 16.3. The molecule has 0 radical (unpaired) electrons. The van der Waals surface area contributed by atoms with E-state index in [9.17, 15) is 0 Å². The van der Waals surface area contributed by atoms with Crippen molar-refractivity contribution in [3.05, 3.63) is 42.1 Å². The maximum Gasteiger partial charge on any atom is 0.181 e. The van der Waals surface area contributed by atoms with Crippen LogP contribution in [0.5, 0.6) is 5.75 Å². The molecule has 1 saturated heterocycles. The third-order valence-electron chi connectivity index (χ3n) is 5.59. The van der Waals surface area contributed by atoms with Gasteiger partial charge in [-0.3, -0.25) is 9.58 Å². The van der Waals surface area contributed by atoms with Crippen LogP contribution < -0.4 is 4.74 Å². The number of morpholine rings is 1. The molecule has 2 fully saturated rings. The van der Waals surface area contributed by atoms with E-state index in [1.54, 1.807) is 0 Å². The van der Waals surface area contributed by atoms with Gasteiger partial charge in [-0.15, -0.1) is 0 Å². The van der Waals surface area contributed by atoms with Crippen LogP contribution in [0.3, 0.4) is 0 Å². The largest absolute Gasteiger partial charge is 0.492 e. The third kappa shape index (κ3) is 3.75. The minimum absolute atomic E-state index is 0.663. The van der Waals surface area contributed by atoms with E-state index in [2.05, 4.69) is 34.4 Å². The molecule has 0 atom stereocenters. The molecule has 28 heavy (non-hydrogen) atoms. The van der Waals surface area contributed by atoms with Crippen molar-refractivity contribution in [2.24, 2.45) is 7.05 Å². The predicted octanol–water partition coefficient (Wildman–Crippen LogP) is 3.22. The molecule has 2 aliphatic rings. The number of aromatic nitrogens is 3. The number of benzene rings is 1. The van der Waals surface area contributed by atoms with E-state index in [4.69, 9.17) is 14.5 Å². The zero-order chi connectivity index (χ0) is 18.9. The van der Waals surface area contributed by atoms with Gasteiger partial charge in [0.05, 0.1) is 18.9 Å². The molecule has 0 bridgehead atoms. The third-order valence-corrected chi connectivity index (χ3v) is 5.59. The van der Waals surface area contributed by atoms with E-state index in [1.807, 2.05) is 23.9 Å². The lowest BCUT2D eigenvalue weighted by molar-refractivity contribution is 0.0322. The molecule has 2 aromatic heterocycles. The molecule has 146 valence electrons. The van der Waals surface area contributed by atoms with Gasteiger partial charge in [-0.05, 0) is 54.7 Å². The predicted molar refractivity (Wildman–Crippen MR) is 109 cm³/mol. The van der Waals surface area contributed by atoms with Crippen LogP contribution in [0.2, 0.25) is 0 Å². The molecule has 3 aromatic rings. The molecule has 1 saturated carbocycles. The van der Waals surface area contributed by atoms with Crippen LogP contribution >= 0.6 is 0 Å². The molecule has 0 N–H and O–H groups in total. The molecule has 1 aliphatic heterocycles. The Labute approximate surface area is 165 Å². The lowest BCUT2D eigenvalue weighted by Gasteiger charge is -2.26. The Bertz CT molecular complexity index is 957. The van der Waals surface area contributed by atoms with Gasteiger partial charge in [0.2, 0.25) is 0 Å². The first-order valence-corrected chi connectivity index (χ1v) is 10.1. The van der Waals surface area contributed by atoms with E-state index >= 15 is 0 Å². The summed E-state index contributed by atoms with van der Waals surface area (Å²) < 4.78 is 13.2. The fourth-order valence-electron chi connectivity index (χ4n) is 3.85. The van der Waals surface area contributed by atoms with Crippen LogP contribution in [-0.4, -0.2) is 59.1 Å². The number of fused-ring (bicyclic) bond motifs is 1. The molecule has 3 heterocycles. The van der Waals surface area contributed by atoms with E-state index in [0.29, 0.717) is 12.5 Å². The number of aryl methyl sites for hydroxylation is 1. The van der Waals surface area contributed by atoms with Gasteiger partial charge < -0.3 is 9.47 Å². The summed E-state index contributed by atoms with van der Waals surface area (Å²) in [4.78, 5) is 7.18. The quantitative estimate of drug-likeness (QED) is 0.659. The zero-order valence-electron chi connectivity index (χ0n) is 16.3. The summed E-state index contributed by atoms with van der Waals surface area (Å²) in [6, 6.07) is 10.5. The first-order valence-electron chi connectivity index (χ1n) is 10.1. The second-order valence-corrected chi connectivity index (χ2v) is 7.74. The van der Waals surface area contributed by atoms with Gasteiger partial charge in [0.1, 0.15) is 12.4 Å². The topological polar surface area (TPSA) is 52.4 Å². The summed E-state index contributed by atoms with van der Waals surface area (Å²) in [6.45, 7) is 5.27. The highest BCUT2D eigenvalue weighted by molar-refractivity contribution is 5.83. The number of rotatable bonds is 6. The highest BCUT2D eigenvalue weighted by Crippen LogP contribution is 2.43. The maximum absolute atomic E-state index is 5.93. The van der Waals surface area contributed by atoms with Crippen molar-refractivity contribution in [2.45, 2.75) is 18.8 Å². The second kappa shape index (κ2) is 7.53. The summed E-state index contributed by atoms with van der Waals surface area (Å²) in [7, 11) is 1.96. The monoisotopic (exact) mass is 378 g/mol. The number of pyridine rings is 1. The lowest BCUT2D eigenvalue weighted by Crippen LogP contribution is -2.38. The fraction of sp³-hybridized carbons (Fsp3) is 0.455. The molecule has 6 nitrogen and oxygen atoms in total. The van der Waals surface area contributed by atoms with Crippen molar-refractivity contribution in [3.8, 4) is 17.0 Å². The van der Waals surface area contributed by atoms with Crippen LogP contribution in [0.15, 0.2) is 36.5 Å². The molecular formula is C22H26N4O2. The van der Waals surface area contributed by atoms with Gasteiger partial charge in [0.15, 0.2) is 5.65 Å². The van der Waals surface area contributed by atoms with Gasteiger partial charge in [-0.1, -0.05) is 0 Å². The van der Waals surface area contributed by atoms with E-state index in [0.717, 1.165) is 55.5 Å². The van der Waals surface area contributed by atoms with Crippen molar-refractivity contribution in [2.75, 3.05) is 39.5 Å². The fourth-order valence-corrected chi connectivity index (χ4v) is 3.85. The summed E-state index contributed by atoms with van der Waals surface area (Å²) >= 11 is 0. The smallest absolute Gasteiger partial charge is 0.181 e. The van der Waals surface area contributed by atoms with E-state index in [-0.39, 0.29) is 0 Å². The summed E-state index contributed by atoms with van der Waals surface area (Å²) in [5.74, 6) is 1.56. The van der Waals surface area contributed by atoms with Gasteiger partial charge >= 0.3 is 0 Å². The lowest BCUT2D eigenvalue weighted by atomic mass is 10.0. The minimum atomic E-state index is 0.663. The average molecular weight is 378 g/mol. The van der Waals surface area contributed by atoms with Crippen LogP contribution in [0.1, 0.15) is 24.3 Å². The molecule has 1 aromatic carbocycles. The molecular weight excluding hydrogens is 352 g/mol. The SMILES string of the molecule is Cn1cc2c(C3CC3)cc(-c3ccc(OCCN4CCOCC4)cc3)nc2n1. The highest BCUT2D eigenvalue weighted by Gasteiger charge is 2.27. The van der Waals surface area contributed by atoms with Crippen molar-refractivity contribution in [3.63, 3.8) is 0 Å². The molecule has 6 heteroatoms. The van der Waals surface area contributed by atoms with Gasteiger partial charge in [0, 0.05) is 43.8 Å². The highest BCUT2D eigenvalue weighted by atomic mass is 16.5. The first kappa shape index (κ1) is 17.6. The number of nitrogens with zero attached hydrogens (tertiary/aromatic N) is 4. The maximum atomic E-state index is 5.93. The number of hydrogen-bond acceptors (Lipinski definition) is 5. The standard InChI is InChI=1S/C22H26N4O2/c1-25-15-20-19(16-2-3-16)14-21(23-22(20)24-25)17-4-6-18(7-5-17)28-13-10-26-8-11-27-12-9-26/h4-7,14-16H,2-3,8-13H2,1H3. The molecule has 0 amide bonds. The molecule has 0 spiro atoms. The van der Waals surface area contributed by atoms with E-state index in [1.165, 1.54) is 23.8 Å². The Hall–Kier alpha value is -2.44. The number of hydrogen-bond donors (Lipinski definition) is 0. The Morgan fingerprint density at radius 2 is 1.93 bits per heavy atom. The minimum Gasteiger partial charge on any atom is -0.492 e. The van der Waals surface area contributed by atoms with Gasteiger partial charge in [-0.2, -0.15) is 5.10 Å². The summed E-state index contributed by atoms with van der Waals surface area (Å²) in [5.41, 5.74) is 4.33. The normalized spacial score (nSPS) is 17.9. The summed E-state index contributed by atoms with van der Waals surface area (Å²) in [5, 5.41) is 5.73. The Morgan fingerprint density at radius 3 is 2.68 bits per heavy atom. The Kier molecular flexibility index (Phi) is 4.74. The van der Waals surface area contributed by atoms with Crippen molar-refractivity contribution >= 4 is 11.0 Å². The molecule has 1 aliphatic carbocycles. The first-order chi connectivity index (χ1) is 13.8. The summed E-state index contributed by atoms with van der Waals surface area (Å²) in [6.07, 6.45) is 4.62. The van der Waals surface area contributed by atoms with Crippen LogP contribution in [0.25, 0.3) is 22.3 Å². The van der Waals surface area contributed by atoms with Crippen LogP contribution in [0, 0.1) is 0 Å². The Morgan fingerprint density at radius 1 is 1.14 bits per heavy atom. The Balaban J connectivity index is 1.30. The van der Waals surface area contributed by atoms with Crippen molar-refractivity contribution in [1.29, 1.82) is 0 Å².